The molecule has 29 heavy (non-hydrogen) atoms. The molecule has 0 saturated carbocycles. The zero-order valence-corrected chi connectivity index (χ0v) is 17.5. The van der Waals surface area contributed by atoms with Gasteiger partial charge in [-0.15, -0.1) is 5.10 Å². The quantitative estimate of drug-likeness (QED) is 0.603. The second-order valence-electron chi connectivity index (χ2n) is 7.09. The predicted octanol–water partition coefficient (Wildman–Crippen LogP) is 3.04. The maximum atomic E-state index is 13.1. The highest BCUT2D eigenvalue weighted by Gasteiger charge is 2.27. The number of amides is 1. The van der Waals surface area contributed by atoms with Crippen LogP contribution in [-0.4, -0.2) is 49.9 Å². The Hall–Kier alpha value is -2.87. The molecule has 1 aromatic heterocycles. The van der Waals surface area contributed by atoms with Crippen LogP contribution in [0.3, 0.4) is 0 Å². The van der Waals surface area contributed by atoms with Crippen molar-refractivity contribution in [1.82, 2.24) is 25.1 Å². The molecule has 1 aliphatic rings. The van der Waals surface area contributed by atoms with Crippen LogP contribution < -0.4 is 4.74 Å². The molecule has 2 aromatic carbocycles. The Balaban J connectivity index is 1.52. The number of ether oxygens (including phenoxy) is 1. The maximum Gasteiger partial charge on any atom is 0.236 e. The molecule has 0 radical (unpaired) electrons. The van der Waals surface area contributed by atoms with Crippen molar-refractivity contribution < 1.29 is 9.53 Å². The highest BCUT2D eigenvalue weighted by Crippen LogP contribution is 2.30. The van der Waals surface area contributed by atoms with Crippen LogP contribution in [-0.2, 0) is 17.8 Å². The van der Waals surface area contributed by atoms with Gasteiger partial charge in [0.2, 0.25) is 11.1 Å². The van der Waals surface area contributed by atoms with Crippen LogP contribution >= 0.6 is 11.8 Å². The Morgan fingerprint density at radius 1 is 1.21 bits per heavy atom. The molecule has 0 bridgehead atoms. The molecule has 0 fully saturated rings. The molecule has 3 aromatic rings. The fourth-order valence-corrected chi connectivity index (χ4v) is 4.40. The van der Waals surface area contributed by atoms with Crippen molar-refractivity contribution in [2.75, 3.05) is 13.7 Å². The minimum atomic E-state index is -0.305. The van der Waals surface area contributed by atoms with E-state index in [4.69, 9.17) is 4.74 Å². The predicted molar refractivity (Wildman–Crippen MR) is 111 cm³/mol. The minimum absolute atomic E-state index is 0.0928. The van der Waals surface area contributed by atoms with Gasteiger partial charge in [0.15, 0.2) is 0 Å². The summed E-state index contributed by atoms with van der Waals surface area (Å²) < 4.78 is 7.09. The number of methoxy groups -OCH3 is 1. The standard InChI is InChI=1S/C21H23N5O2S/c1-14-8-9-19(28-3)18(12-14)26-21(22-23-24-26)29-15(2)20(27)25-11-10-16-6-4-5-7-17(16)13-25/h4-9,12,15H,10-11,13H2,1-3H3. The molecule has 0 N–H and O–H groups in total. The van der Waals surface area contributed by atoms with E-state index >= 15 is 0 Å². The lowest BCUT2D eigenvalue weighted by atomic mass is 10.00. The van der Waals surface area contributed by atoms with E-state index in [-0.39, 0.29) is 11.2 Å². The van der Waals surface area contributed by atoms with Crippen molar-refractivity contribution in [3.63, 3.8) is 0 Å². The van der Waals surface area contributed by atoms with Crippen molar-refractivity contribution in [3.05, 3.63) is 59.2 Å². The summed E-state index contributed by atoms with van der Waals surface area (Å²) in [7, 11) is 1.62. The molecule has 1 aliphatic heterocycles. The van der Waals surface area contributed by atoms with Crippen molar-refractivity contribution in [1.29, 1.82) is 0 Å². The first-order valence-corrected chi connectivity index (χ1v) is 10.4. The molecule has 1 unspecified atom stereocenters. The minimum Gasteiger partial charge on any atom is -0.494 e. The van der Waals surface area contributed by atoms with Gasteiger partial charge in [0.25, 0.3) is 0 Å². The molecule has 2 heterocycles. The zero-order chi connectivity index (χ0) is 20.4. The molecule has 0 spiro atoms. The number of tetrazole rings is 1. The van der Waals surface area contributed by atoms with E-state index in [0.717, 1.165) is 24.2 Å². The highest BCUT2D eigenvalue weighted by molar-refractivity contribution is 8.00. The molecule has 1 amide bonds. The molecule has 1 atom stereocenters. The van der Waals surface area contributed by atoms with Crippen LogP contribution in [0.25, 0.3) is 5.69 Å². The fourth-order valence-electron chi connectivity index (χ4n) is 3.52. The molecule has 0 saturated heterocycles. The summed E-state index contributed by atoms with van der Waals surface area (Å²) in [5.74, 6) is 0.770. The summed E-state index contributed by atoms with van der Waals surface area (Å²) >= 11 is 1.36. The van der Waals surface area contributed by atoms with E-state index in [2.05, 4.69) is 27.7 Å². The van der Waals surface area contributed by atoms with Crippen molar-refractivity contribution in [2.45, 2.75) is 37.2 Å². The van der Waals surface area contributed by atoms with E-state index in [1.54, 1.807) is 11.8 Å². The Morgan fingerprint density at radius 3 is 2.79 bits per heavy atom. The van der Waals surface area contributed by atoms with Crippen molar-refractivity contribution in [2.24, 2.45) is 0 Å². The van der Waals surface area contributed by atoms with E-state index in [1.807, 2.05) is 49.1 Å². The van der Waals surface area contributed by atoms with Gasteiger partial charge in [-0.25, -0.2) is 0 Å². The van der Waals surface area contributed by atoms with Gasteiger partial charge >= 0.3 is 0 Å². The Labute approximate surface area is 174 Å². The second-order valence-corrected chi connectivity index (χ2v) is 8.40. The van der Waals surface area contributed by atoms with Gasteiger partial charge in [-0.3, -0.25) is 4.79 Å². The van der Waals surface area contributed by atoms with Gasteiger partial charge in [0.05, 0.1) is 12.4 Å². The lowest BCUT2D eigenvalue weighted by Crippen LogP contribution is -2.40. The molecule has 150 valence electrons. The van der Waals surface area contributed by atoms with Gasteiger partial charge in [-0.05, 0) is 59.5 Å². The second kappa shape index (κ2) is 8.24. The van der Waals surface area contributed by atoms with Crippen molar-refractivity contribution >= 4 is 17.7 Å². The normalized spacial score (nSPS) is 14.4. The van der Waals surface area contributed by atoms with Crippen molar-refractivity contribution in [3.8, 4) is 11.4 Å². The third-order valence-electron chi connectivity index (χ3n) is 5.08. The van der Waals surface area contributed by atoms with Gasteiger partial charge in [-0.1, -0.05) is 42.1 Å². The molecule has 8 heteroatoms. The van der Waals surface area contributed by atoms with Crippen LogP contribution in [0.4, 0.5) is 0 Å². The monoisotopic (exact) mass is 409 g/mol. The average molecular weight is 410 g/mol. The summed E-state index contributed by atoms with van der Waals surface area (Å²) in [5, 5.41) is 12.3. The Kier molecular flexibility index (Phi) is 5.53. The number of thioether (sulfide) groups is 1. The number of carbonyl (C=O) groups is 1. The lowest BCUT2D eigenvalue weighted by Gasteiger charge is -2.30. The van der Waals surface area contributed by atoms with Gasteiger partial charge in [-0.2, -0.15) is 4.68 Å². The largest absolute Gasteiger partial charge is 0.494 e. The number of benzene rings is 2. The SMILES string of the molecule is COc1ccc(C)cc1-n1nnnc1SC(C)C(=O)N1CCc2ccccc2C1. The summed E-state index contributed by atoms with van der Waals surface area (Å²) in [4.78, 5) is 15.0. The van der Waals surface area contributed by atoms with Crippen LogP contribution in [0.1, 0.15) is 23.6 Å². The first-order chi connectivity index (χ1) is 14.1. The first-order valence-electron chi connectivity index (χ1n) is 9.52. The van der Waals surface area contributed by atoms with Crippen LogP contribution in [0.15, 0.2) is 47.6 Å². The van der Waals surface area contributed by atoms with E-state index in [1.165, 1.54) is 22.9 Å². The average Bonchev–Trinajstić information content (AvgIpc) is 3.20. The smallest absolute Gasteiger partial charge is 0.236 e. The maximum absolute atomic E-state index is 13.1. The number of aryl methyl sites for hydroxylation is 1. The fraction of sp³-hybridized carbons (Fsp3) is 0.333. The molecular weight excluding hydrogens is 386 g/mol. The van der Waals surface area contributed by atoms with E-state index in [9.17, 15) is 4.79 Å². The first kappa shape index (κ1) is 19.4. The molecule has 4 rings (SSSR count). The molecular formula is C21H23N5O2S. The summed E-state index contributed by atoms with van der Waals surface area (Å²) in [5.41, 5.74) is 4.38. The Bertz CT molecular complexity index is 1040. The van der Waals surface area contributed by atoms with Gasteiger partial charge in [0.1, 0.15) is 11.4 Å². The number of rotatable bonds is 5. The third kappa shape index (κ3) is 3.98. The van der Waals surface area contributed by atoms with E-state index in [0.29, 0.717) is 17.5 Å². The number of nitrogens with zero attached hydrogens (tertiary/aromatic N) is 5. The van der Waals surface area contributed by atoms with Gasteiger partial charge in [0, 0.05) is 13.1 Å². The highest BCUT2D eigenvalue weighted by atomic mass is 32.2. The lowest BCUT2D eigenvalue weighted by molar-refractivity contribution is -0.131. The summed E-state index contributed by atoms with van der Waals surface area (Å²) in [6, 6.07) is 14.1. The number of fused-ring (bicyclic) bond motifs is 1. The number of hydrogen-bond donors (Lipinski definition) is 0. The number of aromatic nitrogens is 4. The van der Waals surface area contributed by atoms with Crippen LogP contribution in [0.5, 0.6) is 5.75 Å². The number of hydrogen-bond acceptors (Lipinski definition) is 6. The Morgan fingerprint density at radius 2 is 2.00 bits per heavy atom. The summed E-state index contributed by atoms with van der Waals surface area (Å²) in [6.07, 6.45) is 0.886. The van der Waals surface area contributed by atoms with Crippen LogP contribution in [0, 0.1) is 6.92 Å². The molecule has 7 nitrogen and oxygen atoms in total. The zero-order valence-electron chi connectivity index (χ0n) is 16.7. The number of carbonyl (C=O) groups excluding carboxylic acids is 1. The van der Waals surface area contributed by atoms with Crippen LogP contribution in [0.2, 0.25) is 0 Å². The third-order valence-corrected chi connectivity index (χ3v) is 6.10. The van der Waals surface area contributed by atoms with E-state index < -0.39 is 0 Å². The van der Waals surface area contributed by atoms with Gasteiger partial charge < -0.3 is 9.64 Å². The molecule has 0 aliphatic carbocycles. The topological polar surface area (TPSA) is 73.1 Å². The summed E-state index contributed by atoms with van der Waals surface area (Å²) in [6.45, 7) is 5.29.